The van der Waals surface area contributed by atoms with Gasteiger partial charge in [-0.25, -0.2) is 14.5 Å². The van der Waals surface area contributed by atoms with Crippen molar-refractivity contribution in [3.05, 3.63) is 29.8 Å². The van der Waals surface area contributed by atoms with E-state index >= 15 is 0 Å². The molecule has 0 aromatic heterocycles. The minimum absolute atomic E-state index is 0.132. The Labute approximate surface area is 165 Å². The van der Waals surface area contributed by atoms with Gasteiger partial charge in [0.2, 0.25) is 0 Å². The number of hydrogen-bond donors (Lipinski definition) is 0. The molecule has 0 saturated carbocycles. The van der Waals surface area contributed by atoms with Gasteiger partial charge in [0.25, 0.3) is 5.91 Å². The molecule has 0 spiro atoms. The summed E-state index contributed by atoms with van der Waals surface area (Å²) < 4.78 is 44.5. The van der Waals surface area contributed by atoms with Gasteiger partial charge in [0.15, 0.2) is 0 Å². The van der Waals surface area contributed by atoms with Gasteiger partial charge in [-0.05, 0) is 45.4 Å². The molecular weight excluding hydrogens is 391 g/mol. The number of carbonyl (C=O) groups is 3. The lowest BCUT2D eigenvalue weighted by Gasteiger charge is -2.35. The van der Waals surface area contributed by atoms with Crippen molar-refractivity contribution < 1.29 is 32.3 Å². The lowest BCUT2D eigenvalue weighted by molar-refractivity contribution is -0.137. The van der Waals surface area contributed by atoms with Crippen LogP contribution in [0.2, 0.25) is 0 Å². The number of imide groups is 1. The Morgan fingerprint density at radius 1 is 1.17 bits per heavy atom. The molecule has 7 nitrogen and oxygen atoms in total. The zero-order valence-electron chi connectivity index (χ0n) is 16.1. The Balaban J connectivity index is 1.61. The summed E-state index contributed by atoms with van der Waals surface area (Å²) in [6.07, 6.45) is -4.72. The maximum atomic E-state index is 13.0. The summed E-state index contributed by atoms with van der Waals surface area (Å²) >= 11 is 0. The Kier molecular flexibility index (Phi) is 4.11. The van der Waals surface area contributed by atoms with Crippen LogP contribution in [0, 0.1) is 0 Å². The highest BCUT2D eigenvalue weighted by Gasteiger charge is 2.63. The highest BCUT2D eigenvalue weighted by atomic mass is 19.4. The second-order valence-corrected chi connectivity index (χ2v) is 8.45. The number of carbonyl (C=O) groups excluding carboxylic acids is 3. The highest BCUT2D eigenvalue weighted by molar-refractivity contribution is 6.22. The van der Waals surface area contributed by atoms with Gasteiger partial charge < -0.3 is 14.5 Å². The number of hydrogen-bond acceptors (Lipinski definition) is 4. The fraction of sp³-hybridized carbons (Fsp3) is 0.526. The van der Waals surface area contributed by atoms with E-state index in [1.54, 1.807) is 20.8 Å². The molecule has 0 N–H and O–H groups in total. The van der Waals surface area contributed by atoms with Crippen LogP contribution in [0.15, 0.2) is 24.3 Å². The van der Waals surface area contributed by atoms with Gasteiger partial charge in [0, 0.05) is 6.54 Å². The number of halogens is 3. The minimum atomic E-state index is -4.59. The Morgan fingerprint density at radius 3 is 2.48 bits per heavy atom. The molecule has 4 rings (SSSR count). The van der Waals surface area contributed by atoms with Gasteiger partial charge in [-0.3, -0.25) is 4.79 Å². The first-order chi connectivity index (χ1) is 13.4. The van der Waals surface area contributed by atoms with E-state index < -0.39 is 47.5 Å². The molecule has 10 heteroatoms. The smallest absolute Gasteiger partial charge is 0.416 e. The van der Waals surface area contributed by atoms with E-state index in [4.69, 9.17) is 4.74 Å². The molecular formula is C19H20F3N3O4. The molecule has 3 fully saturated rings. The zero-order valence-corrected chi connectivity index (χ0v) is 16.1. The van der Waals surface area contributed by atoms with E-state index in [1.165, 1.54) is 15.9 Å². The maximum Gasteiger partial charge on any atom is 0.416 e. The molecule has 2 unspecified atom stereocenters. The topological polar surface area (TPSA) is 70.2 Å². The van der Waals surface area contributed by atoms with Crippen molar-refractivity contribution in [2.24, 2.45) is 0 Å². The van der Waals surface area contributed by atoms with Gasteiger partial charge in [-0.1, -0.05) is 6.07 Å². The number of piperazine rings is 1. The van der Waals surface area contributed by atoms with Crippen LogP contribution >= 0.6 is 0 Å². The number of benzene rings is 1. The first-order valence-corrected chi connectivity index (χ1v) is 9.21. The third kappa shape index (κ3) is 3.10. The summed E-state index contributed by atoms with van der Waals surface area (Å²) in [5.74, 6) is -0.630. The highest BCUT2D eigenvalue weighted by Crippen LogP contribution is 2.43. The van der Waals surface area contributed by atoms with E-state index in [0.29, 0.717) is 6.42 Å². The molecule has 3 atom stereocenters. The molecule has 3 saturated heterocycles. The van der Waals surface area contributed by atoms with Crippen molar-refractivity contribution >= 4 is 23.7 Å². The first-order valence-electron chi connectivity index (χ1n) is 9.21. The Bertz CT molecular complexity index is 895. The van der Waals surface area contributed by atoms with Crippen LogP contribution in [-0.4, -0.2) is 58.1 Å². The Morgan fingerprint density at radius 2 is 1.86 bits per heavy atom. The molecule has 0 aliphatic carbocycles. The predicted molar refractivity (Wildman–Crippen MR) is 95.1 cm³/mol. The number of anilines is 1. The maximum absolute atomic E-state index is 13.0. The van der Waals surface area contributed by atoms with E-state index in [2.05, 4.69) is 0 Å². The normalized spacial score (nSPS) is 26.4. The fourth-order valence-corrected chi connectivity index (χ4v) is 4.25. The molecule has 1 aromatic carbocycles. The van der Waals surface area contributed by atoms with Gasteiger partial charge in [-0.15, -0.1) is 0 Å². The molecule has 1 aromatic rings. The van der Waals surface area contributed by atoms with Crippen LogP contribution in [0.3, 0.4) is 0 Å². The van der Waals surface area contributed by atoms with Crippen LogP contribution in [0.5, 0.6) is 0 Å². The molecule has 0 radical (unpaired) electrons. The van der Waals surface area contributed by atoms with Crippen molar-refractivity contribution in [3.8, 4) is 0 Å². The van der Waals surface area contributed by atoms with E-state index in [1.807, 2.05) is 0 Å². The summed E-state index contributed by atoms with van der Waals surface area (Å²) in [6.45, 7) is 5.41. The van der Waals surface area contributed by atoms with E-state index in [9.17, 15) is 27.6 Å². The molecule has 2 bridgehead atoms. The fourth-order valence-electron chi connectivity index (χ4n) is 4.25. The number of fused-ring (bicyclic) bond motifs is 5. The van der Waals surface area contributed by atoms with Crippen molar-refractivity contribution in [1.82, 2.24) is 9.80 Å². The number of nitrogens with zero attached hydrogens (tertiary/aromatic N) is 3. The monoisotopic (exact) mass is 411 g/mol. The minimum Gasteiger partial charge on any atom is -0.444 e. The molecule has 3 aliphatic heterocycles. The molecule has 4 amide bonds. The molecule has 156 valence electrons. The van der Waals surface area contributed by atoms with Crippen molar-refractivity contribution in [2.75, 3.05) is 11.4 Å². The standard InChI is InChI=1S/C19H20F3N3O4/c1-18(2,3)29-17(28)23-9-12-8-13(23)14-15(26)25(16(27)24(12)14)11-6-4-5-10(7-11)19(20,21)22/h4-7,12-14H,8-9H2,1-3H3/t12-,13?,14?/m1/s1. The van der Waals surface area contributed by atoms with Crippen LogP contribution in [0.4, 0.5) is 28.4 Å². The number of likely N-dealkylation sites (tertiary alicyclic amines) is 1. The van der Waals surface area contributed by atoms with Crippen molar-refractivity contribution in [2.45, 2.75) is 57.1 Å². The zero-order chi connectivity index (χ0) is 21.3. The summed E-state index contributed by atoms with van der Waals surface area (Å²) in [5.41, 5.74) is -1.79. The summed E-state index contributed by atoms with van der Waals surface area (Å²) in [4.78, 5) is 42.0. The SMILES string of the molecule is CC(C)(C)OC(=O)N1C[C@H]2CC1C1C(=O)N(c3cccc(C(F)(F)F)c3)C(=O)N12. The van der Waals surface area contributed by atoms with Crippen LogP contribution in [-0.2, 0) is 15.7 Å². The van der Waals surface area contributed by atoms with Gasteiger partial charge in [-0.2, -0.15) is 13.2 Å². The van der Waals surface area contributed by atoms with Gasteiger partial charge in [0.05, 0.1) is 23.3 Å². The average molecular weight is 411 g/mol. The molecule has 29 heavy (non-hydrogen) atoms. The second-order valence-electron chi connectivity index (χ2n) is 8.45. The van der Waals surface area contributed by atoms with E-state index in [-0.39, 0.29) is 18.3 Å². The largest absolute Gasteiger partial charge is 0.444 e. The van der Waals surface area contributed by atoms with Crippen molar-refractivity contribution in [1.29, 1.82) is 0 Å². The number of urea groups is 1. The summed E-state index contributed by atoms with van der Waals surface area (Å²) in [6, 6.07) is 1.62. The van der Waals surface area contributed by atoms with E-state index in [0.717, 1.165) is 23.1 Å². The van der Waals surface area contributed by atoms with Crippen LogP contribution < -0.4 is 4.90 Å². The quantitative estimate of drug-likeness (QED) is 0.666. The Hall–Kier alpha value is -2.78. The van der Waals surface area contributed by atoms with Gasteiger partial charge in [0.1, 0.15) is 11.6 Å². The summed E-state index contributed by atoms with van der Waals surface area (Å²) in [7, 11) is 0. The number of rotatable bonds is 1. The second kappa shape index (κ2) is 6.11. The van der Waals surface area contributed by atoms with Gasteiger partial charge >= 0.3 is 18.3 Å². The number of amides is 4. The lowest BCUT2D eigenvalue weighted by Crippen LogP contribution is -2.55. The average Bonchev–Trinajstić information content (AvgIpc) is 3.24. The lowest BCUT2D eigenvalue weighted by atomic mass is 10.1. The van der Waals surface area contributed by atoms with Crippen LogP contribution in [0.25, 0.3) is 0 Å². The molecule has 3 aliphatic rings. The first kappa shape index (κ1) is 19.5. The van der Waals surface area contributed by atoms with Crippen molar-refractivity contribution in [3.63, 3.8) is 0 Å². The third-order valence-corrected chi connectivity index (χ3v) is 5.32. The number of ether oxygens (including phenoxy) is 1. The van der Waals surface area contributed by atoms with Crippen LogP contribution in [0.1, 0.15) is 32.8 Å². The molecule has 3 heterocycles. The predicted octanol–water partition coefficient (Wildman–Crippen LogP) is 3.23. The summed E-state index contributed by atoms with van der Waals surface area (Å²) in [5, 5.41) is 0. The number of alkyl halides is 3. The third-order valence-electron chi connectivity index (χ3n) is 5.32.